The number of hydrogen-bond acceptors (Lipinski definition) is 6. The number of ether oxygens (including phenoxy) is 4. The largest absolute Gasteiger partial charge is 0.454 e. The van der Waals surface area contributed by atoms with E-state index in [1.807, 2.05) is 12.1 Å². The summed E-state index contributed by atoms with van der Waals surface area (Å²) in [5.74, 6) is 2.00. The van der Waals surface area contributed by atoms with Crippen molar-refractivity contribution in [3.63, 3.8) is 0 Å². The maximum Gasteiger partial charge on any atom is 0.240 e. The van der Waals surface area contributed by atoms with Crippen LogP contribution < -0.4 is 29.2 Å². The Morgan fingerprint density at radius 3 is 2.26 bits per heavy atom. The van der Waals surface area contributed by atoms with Gasteiger partial charge in [0.15, 0.2) is 23.0 Å². The molecule has 2 amide bonds. The van der Waals surface area contributed by atoms with Crippen molar-refractivity contribution in [1.29, 1.82) is 0 Å². The Morgan fingerprint density at radius 2 is 1.56 bits per heavy atom. The van der Waals surface area contributed by atoms with E-state index in [0.717, 1.165) is 5.56 Å². The van der Waals surface area contributed by atoms with Gasteiger partial charge >= 0.3 is 0 Å². The minimum Gasteiger partial charge on any atom is -0.454 e. The maximum atomic E-state index is 12.4. The molecular weight excluding hydrogens is 352 g/mol. The second-order valence-electron chi connectivity index (χ2n) is 6.11. The standard InChI is InChI=1S/C19H18N2O6/c1-12(22)21(14-3-5-16-18(7-14)27-11-25-16)9-19(23)20-8-13-2-4-15-17(6-13)26-10-24-15/h2-7H,8-11H2,1H3,(H,20,23). The van der Waals surface area contributed by atoms with Gasteiger partial charge in [0.2, 0.25) is 25.4 Å². The third-order valence-corrected chi connectivity index (χ3v) is 4.28. The molecule has 2 aliphatic heterocycles. The lowest BCUT2D eigenvalue weighted by Gasteiger charge is -2.21. The molecule has 0 saturated heterocycles. The molecule has 2 heterocycles. The third-order valence-electron chi connectivity index (χ3n) is 4.28. The van der Waals surface area contributed by atoms with Crippen LogP contribution in [0, 0.1) is 0 Å². The summed E-state index contributed by atoms with van der Waals surface area (Å²) in [6.45, 7) is 1.99. The molecule has 2 aromatic rings. The summed E-state index contributed by atoms with van der Waals surface area (Å²) >= 11 is 0. The SMILES string of the molecule is CC(=O)N(CC(=O)NCc1ccc2c(c1)OCO2)c1ccc2c(c1)OCO2. The van der Waals surface area contributed by atoms with E-state index in [9.17, 15) is 9.59 Å². The fourth-order valence-electron chi connectivity index (χ4n) is 2.89. The zero-order valence-electron chi connectivity index (χ0n) is 14.7. The Bertz CT molecular complexity index is 898. The molecule has 0 fully saturated rings. The van der Waals surface area contributed by atoms with Gasteiger partial charge in [-0.25, -0.2) is 0 Å². The Labute approximate surface area is 155 Å². The number of amides is 2. The summed E-state index contributed by atoms with van der Waals surface area (Å²) in [7, 11) is 0. The number of nitrogens with one attached hydrogen (secondary N) is 1. The van der Waals surface area contributed by atoms with E-state index in [2.05, 4.69) is 5.32 Å². The van der Waals surface area contributed by atoms with Crippen LogP contribution in [-0.4, -0.2) is 31.9 Å². The second-order valence-corrected chi connectivity index (χ2v) is 6.11. The van der Waals surface area contributed by atoms with Crippen LogP contribution in [-0.2, 0) is 16.1 Å². The van der Waals surface area contributed by atoms with Gasteiger partial charge in [0.05, 0.1) is 0 Å². The van der Waals surface area contributed by atoms with E-state index < -0.39 is 0 Å². The van der Waals surface area contributed by atoms with Gasteiger partial charge in [-0.1, -0.05) is 6.07 Å². The molecule has 140 valence electrons. The smallest absolute Gasteiger partial charge is 0.240 e. The van der Waals surface area contributed by atoms with E-state index in [1.165, 1.54) is 11.8 Å². The van der Waals surface area contributed by atoms with Gasteiger partial charge in [0, 0.05) is 25.2 Å². The van der Waals surface area contributed by atoms with Crippen LogP contribution >= 0.6 is 0 Å². The minimum atomic E-state index is -0.277. The predicted molar refractivity (Wildman–Crippen MR) is 95.0 cm³/mol. The fourth-order valence-corrected chi connectivity index (χ4v) is 2.89. The lowest BCUT2D eigenvalue weighted by Crippen LogP contribution is -2.39. The molecule has 0 aliphatic carbocycles. The number of carbonyl (C=O) groups excluding carboxylic acids is 2. The molecule has 8 heteroatoms. The van der Waals surface area contributed by atoms with E-state index in [1.54, 1.807) is 24.3 Å². The fraction of sp³-hybridized carbons (Fsp3) is 0.263. The van der Waals surface area contributed by atoms with Crippen molar-refractivity contribution in [3.05, 3.63) is 42.0 Å². The Balaban J connectivity index is 1.40. The van der Waals surface area contributed by atoms with Crippen LogP contribution in [0.4, 0.5) is 5.69 Å². The van der Waals surface area contributed by atoms with Crippen LogP contribution in [0.3, 0.4) is 0 Å². The van der Waals surface area contributed by atoms with Crippen LogP contribution in [0.15, 0.2) is 36.4 Å². The Hall–Kier alpha value is -3.42. The zero-order valence-corrected chi connectivity index (χ0v) is 14.7. The van der Waals surface area contributed by atoms with E-state index in [0.29, 0.717) is 35.2 Å². The molecule has 0 radical (unpaired) electrons. The van der Waals surface area contributed by atoms with Gasteiger partial charge in [-0.05, 0) is 29.8 Å². The first-order valence-electron chi connectivity index (χ1n) is 8.43. The highest BCUT2D eigenvalue weighted by Crippen LogP contribution is 2.35. The van der Waals surface area contributed by atoms with Crippen LogP contribution in [0.5, 0.6) is 23.0 Å². The summed E-state index contributed by atoms with van der Waals surface area (Å²) in [4.78, 5) is 25.8. The highest BCUT2D eigenvalue weighted by molar-refractivity contribution is 5.97. The summed E-state index contributed by atoms with van der Waals surface area (Å²) in [6.07, 6.45) is 0. The maximum absolute atomic E-state index is 12.4. The second kappa shape index (κ2) is 7.06. The van der Waals surface area contributed by atoms with Crippen LogP contribution in [0.2, 0.25) is 0 Å². The molecular formula is C19H18N2O6. The monoisotopic (exact) mass is 370 g/mol. The molecule has 8 nitrogen and oxygen atoms in total. The Morgan fingerprint density at radius 1 is 0.926 bits per heavy atom. The molecule has 0 spiro atoms. The highest BCUT2D eigenvalue weighted by Gasteiger charge is 2.20. The van der Waals surface area contributed by atoms with Crippen molar-refractivity contribution in [2.75, 3.05) is 25.0 Å². The number of carbonyl (C=O) groups is 2. The number of fused-ring (bicyclic) bond motifs is 2. The van der Waals surface area contributed by atoms with Crippen molar-refractivity contribution in [2.24, 2.45) is 0 Å². The Kier molecular flexibility index (Phi) is 4.45. The molecule has 0 saturated carbocycles. The van der Waals surface area contributed by atoms with Crippen molar-refractivity contribution in [3.8, 4) is 23.0 Å². The number of benzene rings is 2. The normalized spacial score (nSPS) is 13.4. The lowest BCUT2D eigenvalue weighted by molar-refractivity contribution is -0.123. The van der Waals surface area contributed by atoms with Crippen molar-refractivity contribution < 1.29 is 28.5 Å². The molecule has 0 aromatic heterocycles. The van der Waals surface area contributed by atoms with Crippen molar-refractivity contribution in [2.45, 2.75) is 13.5 Å². The third kappa shape index (κ3) is 3.59. The molecule has 0 bridgehead atoms. The summed E-state index contributed by atoms with van der Waals surface area (Å²) in [6, 6.07) is 10.6. The first-order valence-corrected chi connectivity index (χ1v) is 8.43. The average molecular weight is 370 g/mol. The first kappa shape index (κ1) is 17.0. The van der Waals surface area contributed by atoms with Gasteiger partial charge in [0.1, 0.15) is 6.54 Å². The topological polar surface area (TPSA) is 86.3 Å². The minimum absolute atomic E-state index is 0.0977. The predicted octanol–water partition coefficient (Wildman–Crippen LogP) is 1.81. The van der Waals surface area contributed by atoms with Crippen LogP contribution in [0.1, 0.15) is 12.5 Å². The number of nitrogens with zero attached hydrogens (tertiary/aromatic N) is 1. The van der Waals surface area contributed by atoms with Gasteiger partial charge < -0.3 is 29.2 Å². The lowest BCUT2D eigenvalue weighted by atomic mass is 10.2. The molecule has 2 aliphatic rings. The summed E-state index contributed by atoms with van der Waals surface area (Å²) in [5, 5.41) is 2.81. The molecule has 4 rings (SSSR count). The number of anilines is 1. The van der Waals surface area contributed by atoms with E-state index in [-0.39, 0.29) is 31.9 Å². The van der Waals surface area contributed by atoms with Gasteiger partial charge in [-0.15, -0.1) is 0 Å². The molecule has 1 N–H and O–H groups in total. The van der Waals surface area contributed by atoms with Crippen molar-refractivity contribution >= 4 is 17.5 Å². The zero-order chi connectivity index (χ0) is 18.8. The number of rotatable bonds is 5. The first-order chi connectivity index (χ1) is 13.1. The highest BCUT2D eigenvalue weighted by atomic mass is 16.7. The van der Waals surface area contributed by atoms with Gasteiger partial charge in [0.25, 0.3) is 0 Å². The summed E-state index contributed by atoms with van der Waals surface area (Å²) in [5.41, 5.74) is 1.45. The van der Waals surface area contributed by atoms with Gasteiger partial charge in [-0.2, -0.15) is 0 Å². The molecule has 0 unspecified atom stereocenters. The molecule has 0 atom stereocenters. The molecule has 2 aromatic carbocycles. The van der Waals surface area contributed by atoms with E-state index >= 15 is 0 Å². The van der Waals surface area contributed by atoms with Crippen molar-refractivity contribution in [1.82, 2.24) is 5.32 Å². The van der Waals surface area contributed by atoms with Gasteiger partial charge in [-0.3, -0.25) is 9.59 Å². The number of hydrogen-bond donors (Lipinski definition) is 1. The summed E-state index contributed by atoms with van der Waals surface area (Å²) < 4.78 is 21.2. The van der Waals surface area contributed by atoms with Crippen LogP contribution in [0.25, 0.3) is 0 Å². The molecule has 27 heavy (non-hydrogen) atoms. The average Bonchev–Trinajstić information content (AvgIpc) is 3.31. The van der Waals surface area contributed by atoms with E-state index in [4.69, 9.17) is 18.9 Å². The quantitative estimate of drug-likeness (QED) is 0.864.